The fourth-order valence-corrected chi connectivity index (χ4v) is 1.83. The number of hydrogen-bond donors (Lipinski definition) is 0. The maximum Gasteiger partial charge on any atom is 0.165 e. The summed E-state index contributed by atoms with van der Waals surface area (Å²) >= 11 is 0. The van der Waals surface area contributed by atoms with Crippen LogP contribution in [0.1, 0.15) is 32.3 Å². The second-order valence-electron chi connectivity index (χ2n) is 4.25. The Hall–Kier alpha value is -0.860. The lowest BCUT2D eigenvalue weighted by atomic mass is 10.0. The number of ether oxygens (including phenoxy) is 2. The largest absolute Gasteiger partial charge is 0.346 e. The lowest BCUT2D eigenvalue weighted by Gasteiger charge is -2.18. The predicted octanol–water partition coefficient (Wildman–Crippen LogP) is 2.94. The Bertz CT molecular complexity index is 300. The van der Waals surface area contributed by atoms with Crippen LogP contribution >= 0.6 is 0 Å². The summed E-state index contributed by atoms with van der Waals surface area (Å²) in [5.41, 5.74) is 1.27. The maximum absolute atomic E-state index is 5.77. The maximum atomic E-state index is 5.77. The molecule has 1 aliphatic heterocycles. The van der Waals surface area contributed by atoms with E-state index in [9.17, 15) is 0 Å². The van der Waals surface area contributed by atoms with Gasteiger partial charge in [0.15, 0.2) is 6.29 Å². The van der Waals surface area contributed by atoms with Gasteiger partial charge in [-0.25, -0.2) is 0 Å². The van der Waals surface area contributed by atoms with Gasteiger partial charge in [-0.05, 0) is 19.4 Å². The quantitative estimate of drug-likeness (QED) is 0.740. The van der Waals surface area contributed by atoms with Crippen molar-refractivity contribution < 1.29 is 9.47 Å². The summed E-state index contributed by atoms with van der Waals surface area (Å²) in [4.78, 5) is 0. The smallest absolute Gasteiger partial charge is 0.165 e. The standard InChI is InChI=1S/C13H18O2/c1-9(12-7-5-4-6-8-12)13-14-10(2)11(3)15-13/h4-11,13H,1-3H3/t9-,10-,11-/m0/s1. The van der Waals surface area contributed by atoms with Crippen LogP contribution in [0, 0.1) is 0 Å². The molecule has 82 valence electrons. The Morgan fingerprint density at radius 3 is 2.07 bits per heavy atom. The van der Waals surface area contributed by atoms with Crippen molar-refractivity contribution in [2.24, 2.45) is 0 Å². The van der Waals surface area contributed by atoms with E-state index in [1.54, 1.807) is 0 Å². The summed E-state index contributed by atoms with van der Waals surface area (Å²) in [6, 6.07) is 10.4. The molecule has 3 atom stereocenters. The highest BCUT2D eigenvalue weighted by atomic mass is 16.7. The third-order valence-electron chi connectivity index (χ3n) is 3.09. The molecule has 1 heterocycles. The first-order chi connectivity index (χ1) is 7.18. The summed E-state index contributed by atoms with van der Waals surface area (Å²) in [7, 11) is 0. The third-order valence-corrected chi connectivity index (χ3v) is 3.09. The van der Waals surface area contributed by atoms with E-state index >= 15 is 0 Å². The first-order valence-electron chi connectivity index (χ1n) is 5.54. The third kappa shape index (κ3) is 2.21. The van der Waals surface area contributed by atoms with Gasteiger partial charge in [-0.3, -0.25) is 0 Å². The molecule has 2 heteroatoms. The first kappa shape index (κ1) is 10.7. The second kappa shape index (κ2) is 4.33. The number of benzene rings is 1. The molecule has 0 aromatic heterocycles. The molecule has 1 fully saturated rings. The van der Waals surface area contributed by atoms with Crippen molar-refractivity contribution in [3.8, 4) is 0 Å². The molecule has 0 unspecified atom stereocenters. The van der Waals surface area contributed by atoms with Gasteiger partial charge in [-0.15, -0.1) is 0 Å². The molecule has 15 heavy (non-hydrogen) atoms. The van der Waals surface area contributed by atoms with E-state index in [1.165, 1.54) is 5.56 Å². The Labute approximate surface area is 91.2 Å². The molecule has 0 saturated carbocycles. The van der Waals surface area contributed by atoms with Crippen molar-refractivity contribution in [3.05, 3.63) is 35.9 Å². The van der Waals surface area contributed by atoms with Crippen LogP contribution in [0.3, 0.4) is 0 Å². The van der Waals surface area contributed by atoms with Crippen LogP contribution < -0.4 is 0 Å². The van der Waals surface area contributed by atoms with Gasteiger partial charge in [-0.2, -0.15) is 0 Å². The zero-order valence-electron chi connectivity index (χ0n) is 9.51. The Balaban J connectivity index is 2.07. The van der Waals surface area contributed by atoms with Crippen LogP contribution in [-0.4, -0.2) is 18.5 Å². The summed E-state index contributed by atoms with van der Waals surface area (Å²) in [6.45, 7) is 6.26. The Morgan fingerprint density at radius 1 is 1.00 bits per heavy atom. The minimum absolute atomic E-state index is 0.0996. The van der Waals surface area contributed by atoms with Crippen molar-refractivity contribution in [3.63, 3.8) is 0 Å². The van der Waals surface area contributed by atoms with Gasteiger partial charge in [0.2, 0.25) is 0 Å². The molecule has 1 aromatic rings. The van der Waals surface area contributed by atoms with Crippen LogP contribution in [0.25, 0.3) is 0 Å². The molecule has 0 amide bonds. The molecule has 0 bridgehead atoms. The molecular formula is C13H18O2. The van der Waals surface area contributed by atoms with Crippen LogP contribution in [-0.2, 0) is 9.47 Å². The van der Waals surface area contributed by atoms with E-state index in [-0.39, 0.29) is 18.5 Å². The highest BCUT2D eigenvalue weighted by molar-refractivity contribution is 5.19. The van der Waals surface area contributed by atoms with Gasteiger partial charge in [0.1, 0.15) is 0 Å². The lowest BCUT2D eigenvalue weighted by molar-refractivity contribution is -0.0767. The van der Waals surface area contributed by atoms with Gasteiger partial charge < -0.3 is 9.47 Å². The van der Waals surface area contributed by atoms with Crippen molar-refractivity contribution in [2.75, 3.05) is 0 Å². The van der Waals surface area contributed by atoms with Crippen molar-refractivity contribution >= 4 is 0 Å². The fraction of sp³-hybridized carbons (Fsp3) is 0.538. The summed E-state index contributed by atoms with van der Waals surface area (Å²) in [5.74, 6) is 0.290. The number of hydrogen-bond acceptors (Lipinski definition) is 2. The van der Waals surface area contributed by atoms with Crippen LogP contribution in [0.5, 0.6) is 0 Å². The van der Waals surface area contributed by atoms with Crippen molar-refractivity contribution in [1.82, 2.24) is 0 Å². The van der Waals surface area contributed by atoms with Crippen LogP contribution in [0.4, 0.5) is 0 Å². The molecule has 1 saturated heterocycles. The predicted molar refractivity (Wildman–Crippen MR) is 59.7 cm³/mol. The topological polar surface area (TPSA) is 18.5 Å². The first-order valence-corrected chi connectivity index (χ1v) is 5.54. The molecule has 1 aromatic carbocycles. The molecular weight excluding hydrogens is 188 g/mol. The average Bonchev–Trinajstić information content (AvgIpc) is 2.59. The van der Waals surface area contributed by atoms with Crippen molar-refractivity contribution in [2.45, 2.75) is 45.2 Å². The monoisotopic (exact) mass is 206 g/mol. The van der Waals surface area contributed by atoms with E-state index in [1.807, 2.05) is 18.2 Å². The minimum atomic E-state index is -0.0996. The number of rotatable bonds is 2. The van der Waals surface area contributed by atoms with Crippen LogP contribution in [0.15, 0.2) is 30.3 Å². The van der Waals surface area contributed by atoms with Gasteiger partial charge in [0.25, 0.3) is 0 Å². The normalized spacial score (nSPS) is 29.3. The zero-order chi connectivity index (χ0) is 10.8. The zero-order valence-corrected chi connectivity index (χ0v) is 9.51. The van der Waals surface area contributed by atoms with Gasteiger partial charge in [0.05, 0.1) is 12.2 Å². The molecule has 0 spiro atoms. The van der Waals surface area contributed by atoms with E-state index in [2.05, 4.69) is 32.9 Å². The minimum Gasteiger partial charge on any atom is -0.346 e. The van der Waals surface area contributed by atoms with E-state index in [0.29, 0.717) is 5.92 Å². The summed E-state index contributed by atoms with van der Waals surface area (Å²) in [5, 5.41) is 0. The highest BCUT2D eigenvalue weighted by Gasteiger charge is 2.33. The lowest BCUT2D eigenvalue weighted by Crippen LogP contribution is -2.17. The Morgan fingerprint density at radius 2 is 1.53 bits per heavy atom. The Kier molecular flexibility index (Phi) is 3.08. The molecule has 0 radical (unpaired) electrons. The van der Waals surface area contributed by atoms with E-state index in [4.69, 9.17) is 9.47 Å². The van der Waals surface area contributed by atoms with Crippen LogP contribution in [0.2, 0.25) is 0 Å². The molecule has 2 rings (SSSR count). The SMILES string of the molecule is C[C@@H]1OC([C@@H](C)c2ccccc2)O[C@H]1C. The molecule has 0 aliphatic carbocycles. The fourth-order valence-electron chi connectivity index (χ4n) is 1.83. The average molecular weight is 206 g/mol. The van der Waals surface area contributed by atoms with Gasteiger partial charge in [-0.1, -0.05) is 37.3 Å². The highest BCUT2D eigenvalue weighted by Crippen LogP contribution is 2.29. The van der Waals surface area contributed by atoms with Crippen molar-refractivity contribution in [1.29, 1.82) is 0 Å². The van der Waals surface area contributed by atoms with E-state index in [0.717, 1.165) is 0 Å². The second-order valence-corrected chi connectivity index (χ2v) is 4.25. The molecule has 0 N–H and O–H groups in total. The summed E-state index contributed by atoms with van der Waals surface area (Å²) < 4.78 is 11.5. The summed E-state index contributed by atoms with van der Waals surface area (Å²) in [6.07, 6.45) is 0.291. The molecule has 2 nitrogen and oxygen atoms in total. The van der Waals surface area contributed by atoms with E-state index < -0.39 is 0 Å². The molecule has 1 aliphatic rings. The van der Waals surface area contributed by atoms with Gasteiger partial charge in [0, 0.05) is 5.92 Å². The van der Waals surface area contributed by atoms with Gasteiger partial charge >= 0.3 is 0 Å².